The molecule has 1 unspecified atom stereocenters. The van der Waals surface area contributed by atoms with Crippen LogP contribution < -0.4 is 10.0 Å². The van der Waals surface area contributed by atoms with Crippen LogP contribution in [0.15, 0.2) is 0 Å². The van der Waals surface area contributed by atoms with E-state index in [1.165, 1.54) is 0 Å². The highest BCUT2D eigenvalue weighted by Gasteiger charge is 2.24. The van der Waals surface area contributed by atoms with Gasteiger partial charge in [-0.1, -0.05) is 13.8 Å². The molecule has 3 N–H and O–H groups in total. The van der Waals surface area contributed by atoms with Gasteiger partial charge in [-0.2, -0.15) is 5.10 Å². The Balaban J connectivity index is 2.85. The summed E-state index contributed by atoms with van der Waals surface area (Å²) in [6.45, 7) is 7.52. The average molecular weight is 302 g/mol. The SMILES string of the molecule is Cc1[nH]nc(NC(=O)C(CC(C)C)NS(C)(=O)=O)c1C. The van der Waals surface area contributed by atoms with E-state index in [9.17, 15) is 13.2 Å². The van der Waals surface area contributed by atoms with Crippen LogP contribution in [0.25, 0.3) is 0 Å². The normalized spacial score (nSPS) is 13.5. The van der Waals surface area contributed by atoms with Gasteiger partial charge < -0.3 is 5.32 Å². The van der Waals surface area contributed by atoms with Crippen molar-refractivity contribution in [2.75, 3.05) is 11.6 Å². The lowest BCUT2D eigenvalue weighted by atomic mass is 10.0. The van der Waals surface area contributed by atoms with Gasteiger partial charge in [0, 0.05) is 11.3 Å². The summed E-state index contributed by atoms with van der Waals surface area (Å²) in [7, 11) is -3.45. The molecule has 1 aromatic heterocycles. The molecule has 8 heteroatoms. The van der Waals surface area contributed by atoms with Crippen LogP contribution in [-0.4, -0.2) is 36.8 Å². The highest BCUT2D eigenvalue weighted by Crippen LogP contribution is 2.15. The molecule has 7 nitrogen and oxygen atoms in total. The molecule has 1 heterocycles. The number of anilines is 1. The highest BCUT2D eigenvalue weighted by molar-refractivity contribution is 7.88. The van der Waals surface area contributed by atoms with Crippen molar-refractivity contribution in [2.24, 2.45) is 5.92 Å². The molecule has 0 aromatic carbocycles. The Morgan fingerprint density at radius 2 is 1.95 bits per heavy atom. The third-order valence-corrected chi connectivity index (χ3v) is 3.59. The number of amides is 1. The number of sulfonamides is 1. The van der Waals surface area contributed by atoms with Crippen molar-refractivity contribution < 1.29 is 13.2 Å². The summed E-state index contributed by atoms with van der Waals surface area (Å²) in [6, 6.07) is -0.804. The molecule has 0 saturated carbocycles. The second kappa shape index (κ2) is 6.36. The van der Waals surface area contributed by atoms with Crippen molar-refractivity contribution in [3.63, 3.8) is 0 Å². The molecule has 0 aliphatic rings. The molecule has 1 amide bonds. The monoisotopic (exact) mass is 302 g/mol. The maximum Gasteiger partial charge on any atom is 0.243 e. The lowest BCUT2D eigenvalue weighted by Gasteiger charge is -2.18. The standard InChI is InChI=1S/C12H22N4O3S/c1-7(2)6-10(16-20(5,18)19)12(17)13-11-8(3)9(4)14-15-11/h7,10,16H,6H2,1-5H3,(H2,13,14,15,17). The van der Waals surface area contributed by atoms with E-state index >= 15 is 0 Å². The Hall–Kier alpha value is -1.41. The van der Waals surface area contributed by atoms with Crippen LogP contribution in [0, 0.1) is 19.8 Å². The van der Waals surface area contributed by atoms with E-state index in [0.717, 1.165) is 17.5 Å². The van der Waals surface area contributed by atoms with Crippen LogP contribution in [0.3, 0.4) is 0 Å². The zero-order valence-electron chi connectivity index (χ0n) is 12.4. The first-order valence-corrected chi connectivity index (χ1v) is 8.29. The van der Waals surface area contributed by atoms with Gasteiger partial charge in [-0.05, 0) is 26.2 Å². The molecule has 0 aliphatic heterocycles. The number of hydrogen-bond acceptors (Lipinski definition) is 4. The molecule has 0 bridgehead atoms. The number of rotatable bonds is 6. The smallest absolute Gasteiger partial charge is 0.243 e. The molecule has 0 saturated heterocycles. The van der Waals surface area contributed by atoms with Crippen LogP contribution in [0.4, 0.5) is 5.82 Å². The molecule has 114 valence electrons. The van der Waals surface area contributed by atoms with Gasteiger partial charge in [-0.25, -0.2) is 13.1 Å². The predicted octanol–water partition coefficient (Wildman–Crippen LogP) is 0.929. The number of carbonyl (C=O) groups is 1. The van der Waals surface area contributed by atoms with Crippen molar-refractivity contribution in [3.05, 3.63) is 11.3 Å². The molecular weight excluding hydrogens is 280 g/mol. The van der Waals surface area contributed by atoms with Gasteiger partial charge in [0.1, 0.15) is 6.04 Å². The molecule has 0 spiro atoms. The summed E-state index contributed by atoms with van der Waals surface area (Å²) in [5.74, 6) is 0.206. The minimum Gasteiger partial charge on any atom is -0.308 e. The number of carbonyl (C=O) groups excluding carboxylic acids is 1. The zero-order chi connectivity index (χ0) is 15.5. The molecule has 1 atom stereocenters. The number of nitrogens with one attached hydrogen (secondary N) is 3. The molecular formula is C12H22N4O3S. The lowest BCUT2D eigenvalue weighted by molar-refractivity contribution is -0.118. The van der Waals surface area contributed by atoms with E-state index in [0.29, 0.717) is 12.2 Å². The number of nitrogens with zero attached hydrogens (tertiary/aromatic N) is 1. The largest absolute Gasteiger partial charge is 0.308 e. The molecule has 1 rings (SSSR count). The van der Waals surface area contributed by atoms with E-state index in [-0.39, 0.29) is 5.92 Å². The predicted molar refractivity (Wildman–Crippen MR) is 77.9 cm³/mol. The van der Waals surface area contributed by atoms with Gasteiger partial charge in [0.15, 0.2) is 5.82 Å². The number of aromatic nitrogens is 2. The molecule has 1 aromatic rings. The molecule has 0 radical (unpaired) electrons. The Kier molecular flexibility index (Phi) is 5.29. The third kappa shape index (κ3) is 4.93. The molecule has 20 heavy (non-hydrogen) atoms. The van der Waals surface area contributed by atoms with Crippen LogP contribution in [-0.2, 0) is 14.8 Å². The number of aryl methyl sites for hydroxylation is 1. The van der Waals surface area contributed by atoms with E-state index in [1.807, 2.05) is 27.7 Å². The van der Waals surface area contributed by atoms with Crippen LogP contribution in [0.5, 0.6) is 0 Å². The summed E-state index contributed by atoms with van der Waals surface area (Å²) in [4.78, 5) is 12.2. The van der Waals surface area contributed by atoms with Gasteiger partial charge in [-0.3, -0.25) is 9.89 Å². The fourth-order valence-corrected chi connectivity index (χ4v) is 2.47. The van der Waals surface area contributed by atoms with Crippen molar-refractivity contribution >= 4 is 21.7 Å². The number of H-pyrrole nitrogens is 1. The summed E-state index contributed by atoms with van der Waals surface area (Å²) >= 11 is 0. The van der Waals surface area contributed by atoms with E-state index in [1.54, 1.807) is 0 Å². The molecule has 0 fully saturated rings. The van der Waals surface area contributed by atoms with Gasteiger partial charge in [-0.15, -0.1) is 0 Å². The van der Waals surface area contributed by atoms with Crippen molar-refractivity contribution in [1.29, 1.82) is 0 Å². The first-order chi connectivity index (χ1) is 9.10. The Bertz CT molecular complexity index is 578. The fourth-order valence-electron chi connectivity index (χ4n) is 1.75. The van der Waals surface area contributed by atoms with E-state index < -0.39 is 22.0 Å². The summed E-state index contributed by atoms with van der Waals surface area (Å²) in [5.41, 5.74) is 1.69. The number of hydrogen-bond donors (Lipinski definition) is 3. The lowest BCUT2D eigenvalue weighted by Crippen LogP contribution is -2.44. The Morgan fingerprint density at radius 1 is 1.35 bits per heavy atom. The van der Waals surface area contributed by atoms with Gasteiger partial charge >= 0.3 is 0 Å². The van der Waals surface area contributed by atoms with Gasteiger partial charge in [0.05, 0.1) is 6.26 Å². The van der Waals surface area contributed by atoms with Gasteiger partial charge in [0.2, 0.25) is 15.9 Å². The maximum atomic E-state index is 12.2. The minimum absolute atomic E-state index is 0.182. The second-order valence-electron chi connectivity index (χ2n) is 5.38. The quantitative estimate of drug-likeness (QED) is 0.727. The summed E-state index contributed by atoms with van der Waals surface area (Å²) in [6.07, 6.45) is 1.46. The Labute approximate surface area is 119 Å². The zero-order valence-corrected chi connectivity index (χ0v) is 13.3. The van der Waals surface area contributed by atoms with E-state index in [2.05, 4.69) is 20.2 Å². The third-order valence-electron chi connectivity index (χ3n) is 2.87. The van der Waals surface area contributed by atoms with Crippen LogP contribution in [0.1, 0.15) is 31.5 Å². The first kappa shape index (κ1) is 16.6. The Morgan fingerprint density at radius 3 is 2.35 bits per heavy atom. The second-order valence-corrected chi connectivity index (χ2v) is 7.16. The van der Waals surface area contributed by atoms with Crippen molar-refractivity contribution in [2.45, 2.75) is 40.2 Å². The minimum atomic E-state index is -3.45. The fraction of sp³-hybridized carbons (Fsp3) is 0.667. The highest BCUT2D eigenvalue weighted by atomic mass is 32.2. The van der Waals surface area contributed by atoms with Crippen LogP contribution >= 0.6 is 0 Å². The topological polar surface area (TPSA) is 104 Å². The number of aromatic amines is 1. The molecule has 0 aliphatic carbocycles. The van der Waals surface area contributed by atoms with Gasteiger partial charge in [0.25, 0.3) is 0 Å². The van der Waals surface area contributed by atoms with Crippen molar-refractivity contribution in [3.8, 4) is 0 Å². The summed E-state index contributed by atoms with van der Waals surface area (Å²) in [5, 5.41) is 9.40. The average Bonchev–Trinajstić information content (AvgIpc) is 2.57. The summed E-state index contributed by atoms with van der Waals surface area (Å²) < 4.78 is 25.0. The van der Waals surface area contributed by atoms with E-state index in [4.69, 9.17) is 0 Å². The first-order valence-electron chi connectivity index (χ1n) is 6.40. The van der Waals surface area contributed by atoms with Crippen LogP contribution in [0.2, 0.25) is 0 Å². The maximum absolute atomic E-state index is 12.2. The van der Waals surface area contributed by atoms with Crippen molar-refractivity contribution in [1.82, 2.24) is 14.9 Å².